The highest BCUT2D eigenvalue weighted by atomic mass is 32.1. The van der Waals surface area contributed by atoms with Crippen LogP contribution < -0.4 is 5.32 Å². The minimum Gasteiger partial charge on any atom is -0.465 e. The molecule has 0 aliphatic heterocycles. The van der Waals surface area contributed by atoms with E-state index in [-0.39, 0.29) is 5.97 Å². The van der Waals surface area contributed by atoms with E-state index >= 15 is 0 Å². The molecule has 0 bridgehead atoms. The summed E-state index contributed by atoms with van der Waals surface area (Å²) in [5.41, 5.74) is 4.56. The van der Waals surface area contributed by atoms with Crippen LogP contribution >= 0.6 is 22.7 Å². The quantitative estimate of drug-likeness (QED) is 0.231. The van der Waals surface area contributed by atoms with E-state index in [4.69, 9.17) is 9.47 Å². The fourth-order valence-electron chi connectivity index (χ4n) is 4.34. The number of esters is 1. The molecule has 2 aromatic carbocycles. The first-order valence-corrected chi connectivity index (χ1v) is 13.8. The highest BCUT2D eigenvalue weighted by molar-refractivity contribution is 7.14. The van der Waals surface area contributed by atoms with Crippen LogP contribution in [0.3, 0.4) is 0 Å². The standard InChI is InChI=1S/C29H26FNO4S2/c1-3-34-27(32)29(13-14-29)23-10-8-20(9-11-23)19-4-6-21(7-5-19)26-24(16-25(30)37-26)31-28(33)35-18(2)22-12-15-36-17-22/h4-12,15-18H,3,13-14H2,1-2H3,(H,31,33)/t18-/m1/s1. The third kappa shape index (κ3) is 5.31. The average Bonchev–Trinajstić information content (AvgIpc) is 3.35. The van der Waals surface area contributed by atoms with Crippen LogP contribution in [0.1, 0.15) is 43.9 Å². The van der Waals surface area contributed by atoms with Crippen LogP contribution in [-0.4, -0.2) is 18.7 Å². The molecule has 2 heterocycles. The molecule has 0 saturated heterocycles. The third-order valence-electron chi connectivity index (χ3n) is 6.57. The van der Waals surface area contributed by atoms with Crippen LogP contribution in [0.15, 0.2) is 71.4 Å². The number of nitrogens with one attached hydrogen (secondary N) is 1. The molecule has 1 atom stereocenters. The maximum atomic E-state index is 14.2. The molecule has 1 aliphatic rings. The van der Waals surface area contributed by atoms with Gasteiger partial charge in [0, 0.05) is 11.6 Å². The molecule has 1 aliphatic carbocycles. The first kappa shape index (κ1) is 25.2. The van der Waals surface area contributed by atoms with Crippen molar-refractivity contribution in [3.63, 3.8) is 0 Å². The summed E-state index contributed by atoms with van der Waals surface area (Å²) in [5.74, 6) is -0.149. The van der Waals surface area contributed by atoms with Gasteiger partial charge in [0.05, 0.1) is 22.6 Å². The summed E-state index contributed by atoms with van der Waals surface area (Å²) in [5, 5.41) is 6.14. The fourth-order valence-corrected chi connectivity index (χ4v) is 5.93. The van der Waals surface area contributed by atoms with Crippen molar-refractivity contribution >= 4 is 40.4 Å². The van der Waals surface area contributed by atoms with Gasteiger partial charge in [0.25, 0.3) is 0 Å². The molecular weight excluding hydrogens is 509 g/mol. The number of benzene rings is 2. The fraction of sp³-hybridized carbons (Fsp3) is 0.241. The minimum atomic E-state index is -0.634. The molecule has 0 unspecified atom stereocenters. The summed E-state index contributed by atoms with van der Waals surface area (Å²) in [6.45, 7) is 4.00. The first-order chi connectivity index (χ1) is 17.9. The topological polar surface area (TPSA) is 64.6 Å². The third-order valence-corrected chi connectivity index (χ3v) is 8.24. The maximum absolute atomic E-state index is 14.2. The van der Waals surface area contributed by atoms with Gasteiger partial charge >= 0.3 is 12.1 Å². The zero-order chi connectivity index (χ0) is 26.0. The molecule has 5 nitrogen and oxygen atoms in total. The van der Waals surface area contributed by atoms with E-state index in [0.717, 1.165) is 52.0 Å². The minimum absolute atomic E-state index is 0.149. The van der Waals surface area contributed by atoms with Gasteiger partial charge in [-0.25, -0.2) is 4.79 Å². The monoisotopic (exact) mass is 535 g/mol. The first-order valence-electron chi connectivity index (χ1n) is 12.1. The van der Waals surface area contributed by atoms with Crippen molar-refractivity contribution in [3.8, 4) is 21.6 Å². The van der Waals surface area contributed by atoms with Crippen LogP contribution in [0.25, 0.3) is 21.6 Å². The average molecular weight is 536 g/mol. The Kier molecular flexibility index (Phi) is 7.13. The van der Waals surface area contributed by atoms with Gasteiger partial charge in [-0.3, -0.25) is 10.1 Å². The van der Waals surface area contributed by atoms with Gasteiger partial charge in [0.15, 0.2) is 5.13 Å². The van der Waals surface area contributed by atoms with E-state index in [1.807, 2.05) is 72.3 Å². The Hall–Kier alpha value is -3.49. The second kappa shape index (κ2) is 10.5. The Balaban J connectivity index is 1.29. The van der Waals surface area contributed by atoms with Gasteiger partial charge in [0.1, 0.15) is 6.10 Å². The van der Waals surface area contributed by atoms with E-state index in [1.165, 1.54) is 17.4 Å². The van der Waals surface area contributed by atoms with Gasteiger partial charge < -0.3 is 9.47 Å². The Morgan fingerprint density at radius 3 is 2.27 bits per heavy atom. The van der Waals surface area contributed by atoms with E-state index in [2.05, 4.69) is 5.32 Å². The number of halogens is 1. The van der Waals surface area contributed by atoms with Crippen molar-refractivity contribution in [2.24, 2.45) is 0 Å². The predicted molar refractivity (Wildman–Crippen MR) is 146 cm³/mol. The Morgan fingerprint density at radius 2 is 1.68 bits per heavy atom. The van der Waals surface area contributed by atoms with Crippen LogP contribution in [0, 0.1) is 5.13 Å². The number of carbonyl (C=O) groups is 2. The SMILES string of the molecule is CCOC(=O)C1(c2ccc(-c3ccc(-c4sc(F)cc4NC(=O)O[C@H](C)c4ccsc4)cc3)cc2)CC1. The number of rotatable bonds is 8. The number of hydrogen-bond acceptors (Lipinski definition) is 6. The second-order valence-corrected chi connectivity index (χ2v) is 10.8. The number of amides is 1. The largest absolute Gasteiger partial charge is 0.465 e. The summed E-state index contributed by atoms with van der Waals surface area (Å²) in [7, 11) is 0. The summed E-state index contributed by atoms with van der Waals surface area (Å²) in [6.07, 6.45) is 0.587. The summed E-state index contributed by atoms with van der Waals surface area (Å²) in [6, 6.07) is 18.9. The molecule has 190 valence electrons. The Morgan fingerprint density at radius 1 is 1.03 bits per heavy atom. The summed E-state index contributed by atoms with van der Waals surface area (Å²) >= 11 is 2.50. The van der Waals surface area contributed by atoms with Gasteiger partial charge in [-0.2, -0.15) is 15.7 Å². The zero-order valence-corrected chi connectivity index (χ0v) is 22.1. The number of anilines is 1. The van der Waals surface area contributed by atoms with Crippen molar-refractivity contribution in [3.05, 3.63) is 87.7 Å². The van der Waals surface area contributed by atoms with Gasteiger partial charge in [-0.05, 0) is 65.8 Å². The van der Waals surface area contributed by atoms with Crippen molar-refractivity contribution in [2.45, 2.75) is 38.2 Å². The lowest BCUT2D eigenvalue weighted by Gasteiger charge is -2.15. The van der Waals surface area contributed by atoms with Gasteiger partial charge in [-0.1, -0.05) is 48.5 Å². The van der Waals surface area contributed by atoms with E-state index < -0.39 is 22.7 Å². The normalized spacial score (nSPS) is 14.6. The number of hydrogen-bond donors (Lipinski definition) is 1. The van der Waals surface area contributed by atoms with E-state index in [9.17, 15) is 14.0 Å². The highest BCUT2D eigenvalue weighted by Gasteiger charge is 2.52. The molecule has 37 heavy (non-hydrogen) atoms. The molecular formula is C29H26FNO4S2. The molecule has 1 fully saturated rings. The molecule has 1 N–H and O–H groups in total. The second-order valence-electron chi connectivity index (χ2n) is 8.98. The summed E-state index contributed by atoms with van der Waals surface area (Å²) < 4.78 is 24.9. The van der Waals surface area contributed by atoms with Crippen molar-refractivity contribution < 1.29 is 23.5 Å². The Bertz CT molecular complexity index is 1390. The van der Waals surface area contributed by atoms with Crippen LogP contribution in [-0.2, 0) is 19.7 Å². The van der Waals surface area contributed by atoms with E-state index in [1.54, 1.807) is 6.92 Å². The van der Waals surface area contributed by atoms with Gasteiger partial charge in [0.2, 0.25) is 0 Å². The van der Waals surface area contributed by atoms with Crippen molar-refractivity contribution in [2.75, 3.05) is 11.9 Å². The molecule has 1 saturated carbocycles. The maximum Gasteiger partial charge on any atom is 0.412 e. The lowest BCUT2D eigenvalue weighted by atomic mass is 9.93. The highest BCUT2D eigenvalue weighted by Crippen LogP contribution is 2.49. The van der Waals surface area contributed by atoms with Crippen molar-refractivity contribution in [1.29, 1.82) is 0 Å². The smallest absolute Gasteiger partial charge is 0.412 e. The zero-order valence-electron chi connectivity index (χ0n) is 20.5. The van der Waals surface area contributed by atoms with Crippen LogP contribution in [0.4, 0.5) is 14.9 Å². The van der Waals surface area contributed by atoms with E-state index in [0.29, 0.717) is 17.2 Å². The molecule has 0 spiro atoms. The predicted octanol–water partition coefficient (Wildman–Crippen LogP) is 8.19. The van der Waals surface area contributed by atoms with Crippen LogP contribution in [0.2, 0.25) is 0 Å². The van der Waals surface area contributed by atoms with Crippen LogP contribution in [0.5, 0.6) is 0 Å². The van der Waals surface area contributed by atoms with Crippen molar-refractivity contribution in [1.82, 2.24) is 0 Å². The molecule has 5 rings (SSSR count). The Labute approximate surface area is 222 Å². The lowest BCUT2D eigenvalue weighted by Crippen LogP contribution is -2.23. The number of thiophene rings is 2. The van der Waals surface area contributed by atoms with Gasteiger partial charge in [-0.15, -0.1) is 11.3 Å². The lowest BCUT2D eigenvalue weighted by molar-refractivity contribution is -0.146. The number of ether oxygens (including phenoxy) is 2. The molecule has 4 aromatic rings. The molecule has 2 aromatic heterocycles. The molecule has 0 radical (unpaired) electrons. The molecule has 8 heteroatoms. The number of carbonyl (C=O) groups excluding carboxylic acids is 2. The molecule has 1 amide bonds. The summed E-state index contributed by atoms with van der Waals surface area (Å²) in [4.78, 5) is 25.4.